The Hall–Kier alpha value is -2.10. The molecule has 2 aromatic rings. The maximum atomic E-state index is 14.1. The summed E-state index contributed by atoms with van der Waals surface area (Å²) in [5.74, 6) is -0.368. The molecule has 158 valence electrons. The number of thioether (sulfide) groups is 1. The number of nitrogens with zero attached hydrogens (tertiary/aromatic N) is 2. The number of aliphatic imine (C=N–C) groups is 1. The highest BCUT2D eigenvalue weighted by Gasteiger charge is 2.49. The van der Waals surface area contributed by atoms with Crippen molar-refractivity contribution in [1.82, 2.24) is 0 Å². The lowest BCUT2D eigenvalue weighted by Gasteiger charge is -2.24. The van der Waals surface area contributed by atoms with Crippen LogP contribution in [0.4, 0.5) is 10.1 Å². The number of amides is 1. The highest BCUT2D eigenvalue weighted by molar-refractivity contribution is 8.16. The second-order valence-corrected chi connectivity index (χ2v) is 10.8. The second kappa shape index (κ2) is 8.20. The zero-order chi connectivity index (χ0) is 21.5. The van der Waals surface area contributed by atoms with Crippen LogP contribution in [0.2, 0.25) is 5.02 Å². The smallest absolute Gasteiger partial charge is 0.252 e. The quantitative estimate of drug-likeness (QED) is 0.685. The molecule has 2 atom stereocenters. The molecule has 2 aliphatic heterocycles. The van der Waals surface area contributed by atoms with Gasteiger partial charge in [-0.25, -0.2) is 12.8 Å². The zero-order valence-electron chi connectivity index (χ0n) is 15.9. The van der Waals surface area contributed by atoms with Crippen molar-refractivity contribution in [3.05, 3.63) is 58.9 Å². The molecule has 0 radical (unpaired) electrons. The van der Waals surface area contributed by atoms with Gasteiger partial charge in [-0.1, -0.05) is 35.5 Å². The van der Waals surface area contributed by atoms with Gasteiger partial charge in [-0.3, -0.25) is 4.79 Å². The first-order valence-corrected chi connectivity index (χ1v) is 12.2. The largest absolute Gasteiger partial charge is 0.497 e. The van der Waals surface area contributed by atoms with E-state index in [9.17, 15) is 17.6 Å². The summed E-state index contributed by atoms with van der Waals surface area (Å²) in [7, 11) is -1.64. The Labute approximate surface area is 183 Å². The summed E-state index contributed by atoms with van der Waals surface area (Å²) in [6.07, 6.45) is 0.0878. The number of carbonyl (C=O) groups excluding carboxylic acids is 1. The molecule has 0 aliphatic carbocycles. The van der Waals surface area contributed by atoms with Crippen molar-refractivity contribution in [2.45, 2.75) is 17.7 Å². The van der Waals surface area contributed by atoms with Crippen molar-refractivity contribution in [2.75, 3.05) is 23.5 Å². The van der Waals surface area contributed by atoms with Gasteiger partial charge in [0.1, 0.15) is 11.6 Å². The number of hydrogen-bond donors (Lipinski definition) is 0. The van der Waals surface area contributed by atoms with Crippen molar-refractivity contribution in [2.24, 2.45) is 4.99 Å². The van der Waals surface area contributed by atoms with E-state index in [1.807, 2.05) is 0 Å². The maximum absolute atomic E-state index is 14.1. The van der Waals surface area contributed by atoms with Gasteiger partial charge < -0.3 is 9.64 Å². The molecule has 10 heteroatoms. The topological polar surface area (TPSA) is 76.0 Å². The summed E-state index contributed by atoms with van der Waals surface area (Å²) < 4.78 is 43.4. The van der Waals surface area contributed by atoms with Crippen LogP contribution in [-0.2, 0) is 21.1 Å². The van der Waals surface area contributed by atoms with Crippen LogP contribution < -0.4 is 9.64 Å². The molecule has 0 spiro atoms. The Morgan fingerprint density at radius 3 is 2.67 bits per heavy atom. The number of ether oxygens (including phenoxy) is 1. The molecule has 2 aromatic carbocycles. The Balaban J connectivity index is 1.62. The molecule has 0 saturated carbocycles. The number of amidine groups is 1. The number of anilines is 1. The molecule has 2 saturated heterocycles. The molecule has 2 aliphatic rings. The lowest BCUT2D eigenvalue weighted by molar-refractivity contribution is -0.117. The molecular weight excluding hydrogens is 451 g/mol. The first kappa shape index (κ1) is 21.1. The average Bonchev–Trinajstić information content (AvgIpc) is 3.15. The number of hydrogen-bond acceptors (Lipinski definition) is 5. The van der Waals surface area contributed by atoms with Crippen LogP contribution in [0.1, 0.15) is 5.56 Å². The summed E-state index contributed by atoms with van der Waals surface area (Å²) in [6.45, 7) is 0. The van der Waals surface area contributed by atoms with E-state index >= 15 is 0 Å². The van der Waals surface area contributed by atoms with E-state index in [4.69, 9.17) is 16.3 Å². The average molecular weight is 469 g/mol. The van der Waals surface area contributed by atoms with Crippen LogP contribution in [0.5, 0.6) is 5.75 Å². The summed E-state index contributed by atoms with van der Waals surface area (Å²) in [6, 6.07) is 10.9. The van der Waals surface area contributed by atoms with Gasteiger partial charge in [-0.05, 0) is 35.9 Å². The molecule has 1 amide bonds. The Kier molecular flexibility index (Phi) is 5.78. The molecule has 6 nitrogen and oxygen atoms in total. The first-order valence-electron chi connectivity index (χ1n) is 9.11. The number of carbonyl (C=O) groups is 1. The molecule has 0 bridgehead atoms. The van der Waals surface area contributed by atoms with Crippen LogP contribution in [0, 0.1) is 5.82 Å². The van der Waals surface area contributed by atoms with Gasteiger partial charge in [-0.2, -0.15) is 4.99 Å². The highest BCUT2D eigenvalue weighted by Crippen LogP contribution is 2.41. The summed E-state index contributed by atoms with van der Waals surface area (Å²) in [4.78, 5) is 18.5. The van der Waals surface area contributed by atoms with Gasteiger partial charge in [-0.15, -0.1) is 0 Å². The van der Waals surface area contributed by atoms with Crippen molar-refractivity contribution in [3.63, 3.8) is 0 Å². The Morgan fingerprint density at radius 2 is 2.00 bits per heavy atom. The summed E-state index contributed by atoms with van der Waals surface area (Å²) >= 11 is 7.03. The van der Waals surface area contributed by atoms with Gasteiger partial charge in [0.15, 0.2) is 15.0 Å². The van der Waals surface area contributed by atoms with Gasteiger partial charge in [0.2, 0.25) is 0 Å². The van der Waals surface area contributed by atoms with E-state index in [0.717, 1.165) is 5.56 Å². The predicted molar refractivity (Wildman–Crippen MR) is 117 cm³/mol. The van der Waals surface area contributed by atoms with Crippen molar-refractivity contribution in [1.29, 1.82) is 0 Å². The van der Waals surface area contributed by atoms with Crippen molar-refractivity contribution in [3.8, 4) is 5.75 Å². The number of sulfone groups is 1. The van der Waals surface area contributed by atoms with Gasteiger partial charge in [0, 0.05) is 10.9 Å². The molecule has 30 heavy (non-hydrogen) atoms. The molecule has 0 N–H and O–H groups in total. The van der Waals surface area contributed by atoms with E-state index in [0.29, 0.717) is 16.6 Å². The first-order chi connectivity index (χ1) is 14.3. The second-order valence-electron chi connectivity index (χ2n) is 7.08. The standard InChI is InChI=1S/C20H18ClFN2O4S2/c1-28-14-5-2-12(3-6-14)8-19(25)23-20-24(13-4-7-15(21)16(22)9-13)17-10-30(26,27)11-18(17)29-20/h2-7,9,17-18H,8,10-11H2,1H3/t17-,18+/m1/s1. The number of methoxy groups -OCH3 is 1. The molecule has 2 heterocycles. The SMILES string of the molecule is COc1ccc(CC(=O)N=C2S[C@H]3CS(=O)(=O)C[C@H]3N2c2ccc(Cl)c(F)c2)cc1. The van der Waals surface area contributed by atoms with Gasteiger partial charge in [0.25, 0.3) is 5.91 Å². The normalized spacial score (nSPS) is 23.6. The summed E-state index contributed by atoms with van der Waals surface area (Å²) in [5.41, 5.74) is 1.20. The molecule has 2 fully saturated rings. The third-order valence-corrected chi connectivity index (χ3v) is 8.50. The van der Waals surface area contributed by atoms with Crippen molar-refractivity contribution < 1.29 is 22.3 Å². The third-order valence-electron chi connectivity index (χ3n) is 4.98. The number of rotatable bonds is 4. The Morgan fingerprint density at radius 1 is 1.27 bits per heavy atom. The molecule has 0 unspecified atom stereocenters. The van der Waals surface area contributed by atoms with Crippen molar-refractivity contribution >= 4 is 50.0 Å². The van der Waals surface area contributed by atoms with Gasteiger partial charge >= 0.3 is 0 Å². The van der Waals surface area contributed by atoms with Gasteiger partial charge in [0.05, 0.1) is 36.1 Å². The van der Waals surface area contributed by atoms with Crippen LogP contribution in [0.3, 0.4) is 0 Å². The van der Waals surface area contributed by atoms with Crippen LogP contribution >= 0.6 is 23.4 Å². The minimum atomic E-state index is -3.21. The van der Waals surface area contributed by atoms with Crippen LogP contribution in [0.15, 0.2) is 47.5 Å². The Bertz CT molecular complexity index is 1120. The molecular formula is C20H18ClFN2O4S2. The summed E-state index contributed by atoms with van der Waals surface area (Å²) in [5, 5.41) is 0.0803. The third kappa shape index (κ3) is 4.33. The fraction of sp³-hybridized carbons (Fsp3) is 0.300. The van der Waals surface area contributed by atoms with E-state index in [1.165, 1.54) is 23.9 Å². The molecule has 4 rings (SSSR count). The maximum Gasteiger partial charge on any atom is 0.252 e. The van der Waals surface area contributed by atoms with E-state index in [1.54, 1.807) is 42.3 Å². The van der Waals surface area contributed by atoms with Crippen LogP contribution in [0.25, 0.3) is 0 Å². The lowest BCUT2D eigenvalue weighted by Crippen LogP contribution is -2.37. The minimum absolute atomic E-state index is 0.000591. The zero-order valence-corrected chi connectivity index (χ0v) is 18.3. The number of benzene rings is 2. The molecule has 0 aromatic heterocycles. The predicted octanol–water partition coefficient (Wildman–Crippen LogP) is 3.33. The minimum Gasteiger partial charge on any atom is -0.497 e. The highest BCUT2D eigenvalue weighted by atomic mass is 35.5. The fourth-order valence-electron chi connectivity index (χ4n) is 3.57. The van der Waals surface area contributed by atoms with E-state index < -0.39 is 21.7 Å². The van der Waals surface area contributed by atoms with E-state index in [-0.39, 0.29) is 34.1 Å². The fourth-order valence-corrected chi connectivity index (χ4v) is 7.61. The van der Waals surface area contributed by atoms with Crippen LogP contribution in [-0.4, -0.2) is 49.4 Å². The van der Waals surface area contributed by atoms with E-state index in [2.05, 4.69) is 4.99 Å². The monoisotopic (exact) mass is 468 g/mol. The number of halogens is 2. The number of fused-ring (bicyclic) bond motifs is 1. The lowest BCUT2D eigenvalue weighted by atomic mass is 10.1.